The summed E-state index contributed by atoms with van der Waals surface area (Å²) in [5, 5.41) is 11.7. The van der Waals surface area contributed by atoms with Crippen molar-refractivity contribution >= 4 is 23.4 Å². The minimum absolute atomic E-state index is 0.136. The number of carbonyl (C=O) groups excluding carboxylic acids is 1. The normalized spacial score (nSPS) is 10.7. The minimum Gasteiger partial charge on any atom is -0.411 e. The predicted molar refractivity (Wildman–Crippen MR) is 120 cm³/mol. The van der Waals surface area contributed by atoms with Crippen molar-refractivity contribution in [3.8, 4) is 11.5 Å². The second-order valence-corrected chi connectivity index (χ2v) is 7.91. The number of benzene rings is 3. The van der Waals surface area contributed by atoms with Crippen LogP contribution in [0.1, 0.15) is 27.0 Å². The molecule has 0 aliphatic rings. The highest BCUT2D eigenvalue weighted by molar-refractivity contribution is 7.98. The standard InChI is InChI=1S/C24H21N3O2S/c1-16-11-12-20(13-17(16)2)23-26-27-24(29-23)30-15-18-7-6-8-19(14-18)22(28)25-21-9-4-3-5-10-21/h3-14H,15H2,1-2H3,(H,25,28). The molecule has 0 fully saturated rings. The lowest BCUT2D eigenvalue weighted by Crippen LogP contribution is -2.11. The van der Waals surface area contributed by atoms with Gasteiger partial charge in [-0.05, 0) is 66.9 Å². The third kappa shape index (κ3) is 4.78. The van der Waals surface area contributed by atoms with Crippen molar-refractivity contribution < 1.29 is 9.21 Å². The number of thioether (sulfide) groups is 1. The number of nitrogens with zero attached hydrogens (tertiary/aromatic N) is 2. The highest BCUT2D eigenvalue weighted by Crippen LogP contribution is 2.27. The lowest BCUT2D eigenvalue weighted by molar-refractivity contribution is 0.102. The molecular formula is C24H21N3O2S. The van der Waals surface area contributed by atoms with Crippen LogP contribution in [0.5, 0.6) is 0 Å². The van der Waals surface area contributed by atoms with Crippen LogP contribution < -0.4 is 5.32 Å². The SMILES string of the molecule is Cc1ccc(-c2nnc(SCc3cccc(C(=O)Nc4ccccc4)c3)o2)cc1C. The Labute approximate surface area is 179 Å². The van der Waals surface area contributed by atoms with Crippen molar-refractivity contribution in [2.24, 2.45) is 0 Å². The molecular weight excluding hydrogens is 394 g/mol. The van der Waals surface area contributed by atoms with Crippen molar-refractivity contribution in [3.63, 3.8) is 0 Å². The summed E-state index contributed by atoms with van der Waals surface area (Å²) in [5.41, 5.74) is 5.71. The van der Waals surface area contributed by atoms with E-state index < -0.39 is 0 Å². The summed E-state index contributed by atoms with van der Waals surface area (Å²) < 4.78 is 5.80. The van der Waals surface area contributed by atoms with Gasteiger partial charge in [-0.15, -0.1) is 10.2 Å². The first-order valence-electron chi connectivity index (χ1n) is 9.58. The number of amides is 1. The molecule has 4 aromatic rings. The third-order valence-corrected chi connectivity index (χ3v) is 5.63. The van der Waals surface area contributed by atoms with E-state index in [4.69, 9.17) is 4.42 Å². The molecule has 1 aromatic heterocycles. The number of hydrogen-bond donors (Lipinski definition) is 1. The van der Waals surface area contributed by atoms with Crippen molar-refractivity contribution in [1.82, 2.24) is 10.2 Å². The Morgan fingerprint density at radius 3 is 2.57 bits per heavy atom. The molecule has 30 heavy (non-hydrogen) atoms. The Hall–Kier alpha value is -3.38. The second kappa shape index (κ2) is 8.97. The van der Waals surface area contributed by atoms with Crippen molar-refractivity contribution in [2.45, 2.75) is 24.8 Å². The summed E-state index contributed by atoms with van der Waals surface area (Å²) >= 11 is 1.45. The summed E-state index contributed by atoms with van der Waals surface area (Å²) in [6, 6.07) is 23.0. The van der Waals surface area contributed by atoms with Crippen LogP contribution in [0.15, 0.2) is 82.4 Å². The third-order valence-electron chi connectivity index (χ3n) is 4.74. The maximum Gasteiger partial charge on any atom is 0.277 e. The molecule has 0 saturated heterocycles. The van der Waals surface area contributed by atoms with E-state index in [1.165, 1.54) is 22.9 Å². The number of para-hydroxylation sites is 1. The van der Waals surface area contributed by atoms with Crippen LogP contribution in [0, 0.1) is 13.8 Å². The summed E-state index contributed by atoms with van der Waals surface area (Å²) in [7, 11) is 0. The Kier molecular flexibility index (Phi) is 5.95. The van der Waals surface area contributed by atoms with Gasteiger partial charge in [-0.1, -0.05) is 48.2 Å². The van der Waals surface area contributed by atoms with Gasteiger partial charge in [0.15, 0.2) is 0 Å². The van der Waals surface area contributed by atoms with Gasteiger partial charge in [-0.3, -0.25) is 4.79 Å². The summed E-state index contributed by atoms with van der Waals surface area (Å²) in [5.74, 6) is 1.00. The van der Waals surface area contributed by atoms with E-state index in [1.54, 1.807) is 6.07 Å². The summed E-state index contributed by atoms with van der Waals surface area (Å²) in [6.45, 7) is 4.13. The molecule has 0 aliphatic heterocycles. The van der Waals surface area contributed by atoms with Gasteiger partial charge >= 0.3 is 0 Å². The first-order chi connectivity index (χ1) is 14.6. The van der Waals surface area contributed by atoms with Gasteiger partial charge in [0, 0.05) is 22.6 Å². The molecule has 6 heteroatoms. The van der Waals surface area contributed by atoms with Gasteiger partial charge in [0.05, 0.1) is 0 Å². The molecule has 0 unspecified atom stereocenters. The molecule has 5 nitrogen and oxygen atoms in total. The van der Waals surface area contributed by atoms with E-state index in [9.17, 15) is 4.79 Å². The fourth-order valence-corrected chi connectivity index (χ4v) is 3.64. The number of anilines is 1. The lowest BCUT2D eigenvalue weighted by atomic mass is 10.1. The van der Waals surface area contributed by atoms with Crippen LogP contribution in [0.25, 0.3) is 11.5 Å². The minimum atomic E-state index is -0.136. The first-order valence-corrected chi connectivity index (χ1v) is 10.6. The van der Waals surface area contributed by atoms with E-state index in [2.05, 4.69) is 29.4 Å². The Morgan fingerprint density at radius 2 is 1.77 bits per heavy atom. The van der Waals surface area contributed by atoms with E-state index in [-0.39, 0.29) is 5.91 Å². The Morgan fingerprint density at radius 1 is 0.933 bits per heavy atom. The van der Waals surface area contributed by atoms with E-state index >= 15 is 0 Å². The van der Waals surface area contributed by atoms with Gasteiger partial charge in [0.25, 0.3) is 11.1 Å². The molecule has 3 aromatic carbocycles. The van der Waals surface area contributed by atoms with Gasteiger partial charge in [0.2, 0.25) is 5.89 Å². The molecule has 0 spiro atoms. The molecule has 0 bridgehead atoms. The number of carbonyl (C=O) groups is 1. The first kappa shape index (κ1) is 19.9. The van der Waals surface area contributed by atoms with Crippen LogP contribution >= 0.6 is 11.8 Å². The van der Waals surface area contributed by atoms with Gasteiger partial charge in [-0.2, -0.15) is 0 Å². The maximum absolute atomic E-state index is 12.5. The number of nitrogens with one attached hydrogen (secondary N) is 1. The van der Waals surface area contributed by atoms with E-state index in [0.29, 0.717) is 22.4 Å². The molecule has 4 rings (SSSR count). The molecule has 150 valence electrons. The Balaban J connectivity index is 1.41. The fraction of sp³-hybridized carbons (Fsp3) is 0.125. The molecule has 0 aliphatic carbocycles. The van der Waals surface area contributed by atoms with Crippen molar-refractivity contribution in [3.05, 3.63) is 95.1 Å². The second-order valence-electron chi connectivity index (χ2n) is 6.98. The fourth-order valence-electron chi connectivity index (χ4n) is 2.93. The Bertz CT molecular complexity index is 1170. The van der Waals surface area contributed by atoms with Gasteiger partial charge in [-0.25, -0.2) is 0 Å². The predicted octanol–water partition coefficient (Wildman–Crippen LogP) is 5.90. The largest absolute Gasteiger partial charge is 0.411 e. The quantitative estimate of drug-likeness (QED) is 0.397. The number of aromatic nitrogens is 2. The van der Waals surface area contributed by atoms with Crippen LogP contribution in [-0.4, -0.2) is 16.1 Å². The topological polar surface area (TPSA) is 68.0 Å². The summed E-state index contributed by atoms with van der Waals surface area (Å²) in [4.78, 5) is 12.5. The highest BCUT2D eigenvalue weighted by Gasteiger charge is 2.11. The maximum atomic E-state index is 12.5. The molecule has 1 N–H and O–H groups in total. The average Bonchev–Trinajstić information content (AvgIpc) is 3.24. The zero-order valence-corrected chi connectivity index (χ0v) is 17.6. The van der Waals surface area contributed by atoms with E-state index in [0.717, 1.165) is 16.8 Å². The number of aryl methyl sites for hydroxylation is 2. The summed E-state index contributed by atoms with van der Waals surface area (Å²) in [6.07, 6.45) is 0. The molecule has 0 saturated carbocycles. The van der Waals surface area contributed by atoms with Gasteiger partial charge in [0.1, 0.15) is 0 Å². The molecule has 0 radical (unpaired) electrons. The number of hydrogen-bond acceptors (Lipinski definition) is 5. The van der Waals surface area contributed by atoms with Gasteiger partial charge < -0.3 is 9.73 Å². The van der Waals surface area contributed by atoms with Crippen LogP contribution in [-0.2, 0) is 5.75 Å². The monoisotopic (exact) mass is 415 g/mol. The van der Waals surface area contributed by atoms with E-state index in [1.807, 2.05) is 66.7 Å². The zero-order valence-electron chi connectivity index (χ0n) is 16.8. The van der Waals surface area contributed by atoms with Crippen LogP contribution in [0.2, 0.25) is 0 Å². The molecule has 1 heterocycles. The lowest BCUT2D eigenvalue weighted by Gasteiger charge is -2.06. The number of rotatable bonds is 6. The van der Waals surface area contributed by atoms with Crippen molar-refractivity contribution in [1.29, 1.82) is 0 Å². The smallest absolute Gasteiger partial charge is 0.277 e. The highest BCUT2D eigenvalue weighted by atomic mass is 32.2. The van der Waals surface area contributed by atoms with Crippen molar-refractivity contribution in [2.75, 3.05) is 5.32 Å². The average molecular weight is 416 g/mol. The zero-order chi connectivity index (χ0) is 20.9. The van der Waals surface area contributed by atoms with Crippen LogP contribution in [0.4, 0.5) is 5.69 Å². The molecule has 0 atom stereocenters. The van der Waals surface area contributed by atoms with Crippen LogP contribution in [0.3, 0.4) is 0 Å². The molecule has 1 amide bonds.